The van der Waals surface area contributed by atoms with E-state index in [4.69, 9.17) is 0 Å². The summed E-state index contributed by atoms with van der Waals surface area (Å²) >= 11 is 0. The fourth-order valence-electron chi connectivity index (χ4n) is 2.72. The number of nitrogens with one attached hydrogen (secondary N) is 1. The van der Waals surface area contributed by atoms with E-state index >= 15 is 0 Å². The minimum Gasteiger partial charge on any atom is -0.316 e. The molecule has 0 saturated carbocycles. The first-order chi connectivity index (χ1) is 8.24. The highest BCUT2D eigenvalue weighted by Gasteiger charge is 2.27. The van der Waals surface area contributed by atoms with E-state index < -0.39 is 0 Å². The average Bonchev–Trinajstić information content (AvgIpc) is 2.79. The Morgan fingerprint density at radius 3 is 2.94 bits per heavy atom. The van der Waals surface area contributed by atoms with Crippen molar-refractivity contribution in [1.82, 2.24) is 10.2 Å². The van der Waals surface area contributed by atoms with Crippen LogP contribution >= 0.6 is 0 Å². The normalized spacial score (nSPS) is 22.9. The van der Waals surface area contributed by atoms with E-state index in [0.717, 1.165) is 25.1 Å². The van der Waals surface area contributed by atoms with Crippen LogP contribution in [-0.2, 0) is 0 Å². The Hall–Kier alpha value is -0.930. The molecule has 0 spiro atoms. The maximum atomic E-state index is 13.3. The van der Waals surface area contributed by atoms with Gasteiger partial charge in [-0.25, -0.2) is 4.39 Å². The molecule has 2 nitrogen and oxygen atoms in total. The predicted octanol–water partition coefficient (Wildman–Crippen LogP) is 2.57. The summed E-state index contributed by atoms with van der Waals surface area (Å²) in [7, 11) is 2.01. The second-order valence-electron chi connectivity index (χ2n) is 4.75. The van der Waals surface area contributed by atoms with Crippen LogP contribution in [0, 0.1) is 5.82 Å². The monoisotopic (exact) mass is 236 g/mol. The van der Waals surface area contributed by atoms with Gasteiger partial charge in [0.05, 0.1) is 0 Å². The summed E-state index contributed by atoms with van der Waals surface area (Å²) in [5.41, 5.74) is 1.10. The molecule has 1 saturated heterocycles. The maximum absolute atomic E-state index is 13.3. The number of likely N-dealkylation sites (N-methyl/N-ethyl adjacent to an activating group) is 1. The highest BCUT2D eigenvalue weighted by Crippen LogP contribution is 2.28. The van der Waals surface area contributed by atoms with E-state index in [9.17, 15) is 4.39 Å². The number of likely N-dealkylation sites (tertiary alicyclic amines) is 1. The summed E-state index contributed by atoms with van der Waals surface area (Å²) in [6.07, 6.45) is 2.21. The van der Waals surface area contributed by atoms with E-state index in [2.05, 4.69) is 17.1 Å². The van der Waals surface area contributed by atoms with Gasteiger partial charge < -0.3 is 5.32 Å². The third kappa shape index (κ3) is 2.85. The minimum atomic E-state index is -0.134. The zero-order valence-electron chi connectivity index (χ0n) is 10.6. The zero-order valence-corrected chi connectivity index (χ0v) is 10.6. The molecule has 1 aromatic carbocycles. The fourth-order valence-corrected chi connectivity index (χ4v) is 2.72. The Kier molecular flexibility index (Phi) is 4.13. The first kappa shape index (κ1) is 12.5. The second-order valence-corrected chi connectivity index (χ2v) is 4.75. The molecule has 17 heavy (non-hydrogen) atoms. The van der Waals surface area contributed by atoms with Crippen LogP contribution < -0.4 is 5.32 Å². The van der Waals surface area contributed by atoms with Gasteiger partial charge >= 0.3 is 0 Å². The van der Waals surface area contributed by atoms with E-state index in [-0.39, 0.29) is 5.82 Å². The molecule has 1 aliphatic heterocycles. The number of benzene rings is 1. The third-order valence-corrected chi connectivity index (χ3v) is 3.69. The lowest BCUT2D eigenvalue weighted by Gasteiger charge is -2.27. The van der Waals surface area contributed by atoms with Gasteiger partial charge in [-0.05, 0) is 37.6 Å². The molecule has 2 unspecified atom stereocenters. The van der Waals surface area contributed by atoms with E-state index in [1.807, 2.05) is 13.1 Å². The van der Waals surface area contributed by atoms with Crippen molar-refractivity contribution in [3.8, 4) is 0 Å². The van der Waals surface area contributed by atoms with Crippen LogP contribution in [0.1, 0.15) is 31.4 Å². The first-order valence-electron chi connectivity index (χ1n) is 6.41. The quantitative estimate of drug-likeness (QED) is 0.864. The summed E-state index contributed by atoms with van der Waals surface area (Å²) in [5.74, 6) is -0.134. The van der Waals surface area contributed by atoms with Gasteiger partial charge in [-0.3, -0.25) is 4.90 Å². The molecule has 0 aliphatic carbocycles. The second kappa shape index (κ2) is 5.61. The molecule has 0 bridgehead atoms. The largest absolute Gasteiger partial charge is 0.316 e. The Balaban J connectivity index is 2.11. The number of hydrogen-bond acceptors (Lipinski definition) is 2. The van der Waals surface area contributed by atoms with Crippen molar-refractivity contribution in [2.75, 3.05) is 20.1 Å². The fraction of sp³-hybridized carbons (Fsp3) is 0.571. The zero-order chi connectivity index (χ0) is 12.3. The van der Waals surface area contributed by atoms with Gasteiger partial charge in [0.1, 0.15) is 5.82 Å². The van der Waals surface area contributed by atoms with Crippen LogP contribution in [0.25, 0.3) is 0 Å². The summed E-state index contributed by atoms with van der Waals surface area (Å²) in [4.78, 5) is 2.45. The summed E-state index contributed by atoms with van der Waals surface area (Å²) < 4.78 is 13.3. The number of hydrogen-bond donors (Lipinski definition) is 1. The number of halogens is 1. The molecule has 1 N–H and O–H groups in total. The van der Waals surface area contributed by atoms with Gasteiger partial charge in [0.15, 0.2) is 0 Å². The molecular weight excluding hydrogens is 215 g/mol. The van der Waals surface area contributed by atoms with Gasteiger partial charge in [0.2, 0.25) is 0 Å². The molecule has 1 heterocycles. The molecule has 2 rings (SSSR count). The Labute approximate surface area is 103 Å². The first-order valence-corrected chi connectivity index (χ1v) is 6.41. The third-order valence-electron chi connectivity index (χ3n) is 3.69. The van der Waals surface area contributed by atoms with Crippen LogP contribution in [-0.4, -0.2) is 31.1 Å². The predicted molar refractivity (Wildman–Crippen MR) is 68.5 cm³/mol. The smallest absolute Gasteiger partial charge is 0.123 e. The van der Waals surface area contributed by atoms with Crippen LogP contribution in [0.3, 0.4) is 0 Å². The topological polar surface area (TPSA) is 15.3 Å². The molecule has 0 amide bonds. The van der Waals surface area contributed by atoms with Crippen molar-refractivity contribution in [2.24, 2.45) is 0 Å². The Morgan fingerprint density at radius 2 is 2.35 bits per heavy atom. The highest BCUT2D eigenvalue weighted by molar-refractivity contribution is 5.20. The molecule has 94 valence electrons. The lowest BCUT2D eigenvalue weighted by atomic mass is 10.0. The van der Waals surface area contributed by atoms with Crippen molar-refractivity contribution in [3.63, 3.8) is 0 Å². The molecule has 3 heteroatoms. The maximum Gasteiger partial charge on any atom is 0.123 e. The van der Waals surface area contributed by atoms with Gasteiger partial charge in [-0.1, -0.05) is 19.1 Å². The van der Waals surface area contributed by atoms with Crippen molar-refractivity contribution < 1.29 is 4.39 Å². The van der Waals surface area contributed by atoms with Gasteiger partial charge in [0, 0.05) is 25.2 Å². The van der Waals surface area contributed by atoms with Crippen LogP contribution in [0.4, 0.5) is 4.39 Å². The molecule has 0 radical (unpaired) electrons. The van der Waals surface area contributed by atoms with Gasteiger partial charge in [-0.2, -0.15) is 0 Å². The minimum absolute atomic E-state index is 0.134. The summed E-state index contributed by atoms with van der Waals surface area (Å²) in [6, 6.07) is 7.95. The van der Waals surface area contributed by atoms with E-state index in [0.29, 0.717) is 12.1 Å². The molecule has 1 fully saturated rings. The Bertz CT molecular complexity index is 367. The van der Waals surface area contributed by atoms with Crippen LogP contribution in [0.2, 0.25) is 0 Å². The summed E-state index contributed by atoms with van der Waals surface area (Å²) in [5, 5.41) is 3.32. The number of nitrogens with zero attached hydrogens (tertiary/aromatic N) is 1. The van der Waals surface area contributed by atoms with Crippen LogP contribution in [0.5, 0.6) is 0 Å². The lowest BCUT2D eigenvalue weighted by Crippen LogP contribution is -2.31. The molecule has 1 aliphatic rings. The lowest BCUT2D eigenvalue weighted by molar-refractivity contribution is 0.234. The van der Waals surface area contributed by atoms with Crippen molar-refractivity contribution in [1.29, 1.82) is 0 Å². The van der Waals surface area contributed by atoms with E-state index in [1.165, 1.54) is 12.5 Å². The van der Waals surface area contributed by atoms with Crippen molar-refractivity contribution in [3.05, 3.63) is 35.6 Å². The summed E-state index contributed by atoms with van der Waals surface area (Å²) in [6.45, 7) is 4.33. The molecular formula is C14H21FN2. The van der Waals surface area contributed by atoms with Crippen LogP contribution in [0.15, 0.2) is 24.3 Å². The highest BCUT2D eigenvalue weighted by atomic mass is 19.1. The Morgan fingerprint density at radius 1 is 1.53 bits per heavy atom. The van der Waals surface area contributed by atoms with Crippen molar-refractivity contribution in [2.45, 2.75) is 31.8 Å². The van der Waals surface area contributed by atoms with E-state index in [1.54, 1.807) is 12.1 Å². The van der Waals surface area contributed by atoms with Gasteiger partial charge in [-0.15, -0.1) is 0 Å². The standard InChI is InChI=1S/C14H21FN2/c1-3-14(11-5-4-6-12(15)9-11)17-8-7-13(10-17)16-2/h4-6,9,13-14,16H,3,7-8,10H2,1-2H3. The molecule has 1 aromatic rings. The van der Waals surface area contributed by atoms with Crippen molar-refractivity contribution >= 4 is 0 Å². The molecule has 0 aromatic heterocycles. The molecule has 2 atom stereocenters. The van der Waals surface area contributed by atoms with Gasteiger partial charge in [0.25, 0.3) is 0 Å². The average molecular weight is 236 g/mol. The SMILES string of the molecule is CCC(c1cccc(F)c1)N1CCC(NC)C1. The number of rotatable bonds is 4.